The summed E-state index contributed by atoms with van der Waals surface area (Å²) in [4.78, 5) is 4.51. The smallest absolute Gasteiger partial charge is 0.156 e. The summed E-state index contributed by atoms with van der Waals surface area (Å²) in [6.07, 6.45) is 0. The first-order valence-electron chi connectivity index (χ1n) is 5.71. The van der Waals surface area contributed by atoms with Gasteiger partial charge in [-0.1, -0.05) is 37.7 Å². The van der Waals surface area contributed by atoms with Crippen molar-refractivity contribution in [2.45, 2.75) is 20.4 Å². The molecule has 1 aromatic carbocycles. The van der Waals surface area contributed by atoms with Gasteiger partial charge in [-0.05, 0) is 23.1 Å². The Morgan fingerprint density at radius 3 is 2.65 bits per heavy atom. The van der Waals surface area contributed by atoms with Crippen molar-refractivity contribution in [3.63, 3.8) is 0 Å². The standard InChI is InChI=1S/C13H17FN2S/c1-13(2)8-16-12(17-9-13)15-7-10-3-5-11(14)6-4-10/h3-6H,7-9H2,1-2H3,(H,15,16). The number of benzene rings is 1. The molecule has 2 rings (SSSR count). The summed E-state index contributed by atoms with van der Waals surface area (Å²) in [6, 6.07) is 6.55. The van der Waals surface area contributed by atoms with Gasteiger partial charge in [-0.25, -0.2) is 4.39 Å². The number of hydrogen-bond donors (Lipinski definition) is 1. The number of rotatable bonds is 2. The number of nitrogens with zero attached hydrogens (tertiary/aromatic N) is 1. The summed E-state index contributed by atoms with van der Waals surface area (Å²) in [7, 11) is 0. The Balaban J connectivity index is 1.87. The van der Waals surface area contributed by atoms with Gasteiger partial charge < -0.3 is 5.32 Å². The Labute approximate surface area is 106 Å². The molecule has 4 heteroatoms. The van der Waals surface area contributed by atoms with Gasteiger partial charge in [-0.3, -0.25) is 4.99 Å². The predicted octanol–water partition coefficient (Wildman–Crippen LogP) is 3.04. The third-order valence-electron chi connectivity index (χ3n) is 2.61. The van der Waals surface area contributed by atoms with Crippen molar-refractivity contribution in [2.75, 3.05) is 12.3 Å². The lowest BCUT2D eigenvalue weighted by Gasteiger charge is -2.27. The number of amidine groups is 1. The van der Waals surface area contributed by atoms with Crippen LogP contribution in [0.1, 0.15) is 19.4 Å². The average molecular weight is 252 g/mol. The van der Waals surface area contributed by atoms with E-state index in [2.05, 4.69) is 24.2 Å². The van der Waals surface area contributed by atoms with Gasteiger partial charge in [0.2, 0.25) is 0 Å². The minimum Gasteiger partial charge on any atom is -0.361 e. The van der Waals surface area contributed by atoms with Crippen molar-refractivity contribution in [1.82, 2.24) is 5.32 Å². The van der Waals surface area contributed by atoms with Crippen molar-refractivity contribution in [2.24, 2.45) is 10.4 Å². The van der Waals surface area contributed by atoms with Crippen LogP contribution in [0, 0.1) is 11.2 Å². The van der Waals surface area contributed by atoms with Gasteiger partial charge in [0.05, 0.1) is 0 Å². The quantitative estimate of drug-likeness (QED) is 0.875. The molecule has 0 saturated carbocycles. The lowest BCUT2D eigenvalue weighted by atomic mass is 9.97. The molecule has 1 aromatic rings. The molecule has 0 aliphatic carbocycles. The lowest BCUT2D eigenvalue weighted by molar-refractivity contribution is 0.436. The molecule has 1 heterocycles. The molecule has 0 radical (unpaired) electrons. The van der Waals surface area contributed by atoms with Crippen molar-refractivity contribution in [1.29, 1.82) is 0 Å². The minimum atomic E-state index is -0.195. The predicted molar refractivity (Wildman–Crippen MR) is 71.8 cm³/mol. The van der Waals surface area contributed by atoms with Gasteiger partial charge in [0, 0.05) is 18.8 Å². The largest absolute Gasteiger partial charge is 0.361 e. The molecular weight excluding hydrogens is 235 g/mol. The van der Waals surface area contributed by atoms with Gasteiger partial charge in [-0.15, -0.1) is 0 Å². The third kappa shape index (κ3) is 3.73. The molecule has 92 valence electrons. The normalized spacial score (nSPS) is 18.6. The average Bonchev–Trinajstić information content (AvgIpc) is 2.30. The van der Waals surface area contributed by atoms with Gasteiger partial charge in [0.1, 0.15) is 5.82 Å². The Bertz CT molecular complexity index is 412. The molecule has 0 bridgehead atoms. The van der Waals surface area contributed by atoms with Gasteiger partial charge in [0.15, 0.2) is 5.17 Å². The maximum atomic E-state index is 12.7. The summed E-state index contributed by atoms with van der Waals surface area (Å²) in [5, 5.41) is 4.28. The second kappa shape index (κ2) is 5.08. The van der Waals surface area contributed by atoms with Crippen LogP contribution >= 0.6 is 11.8 Å². The molecule has 0 unspecified atom stereocenters. The van der Waals surface area contributed by atoms with Crippen LogP contribution in [0.15, 0.2) is 29.3 Å². The van der Waals surface area contributed by atoms with Crippen LogP contribution in [0.3, 0.4) is 0 Å². The van der Waals surface area contributed by atoms with Gasteiger partial charge in [0.25, 0.3) is 0 Å². The van der Waals surface area contributed by atoms with E-state index in [-0.39, 0.29) is 5.82 Å². The Hall–Kier alpha value is -1.03. The fourth-order valence-electron chi connectivity index (χ4n) is 1.53. The molecule has 17 heavy (non-hydrogen) atoms. The van der Waals surface area contributed by atoms with Crippen molar-refractivity contribution in [3.05, 3.63) is 35.6 Å². The molecule has 0 amide bonds. The summed E-state index contributed by atoms with van der Waals surface area (Å²) in [6.45, 7) is 6.01. The van der Waals surface area contributed by atoms with Crippen LogP contribution in [-0.4, -0.2) is 17.5 Å². The number of hydrogen-bond acceptors (Lipinski definition) is 3. The second-order valence-corrected chi connectivity index (χ2v) is 6.02. The molecular formula is C13H17FN2S. The number of thioether (sulfide) groups is 1. The SMILES string of the molecule is CC1(C)CN=C(NCc2ccc(F)cc2)SC1. The van der Waals surface area contributed by atoms with Crippen LogP contribution in [-0.2, 0) is 6.54 Å². The molecule has 0 saturated heterocycles. The van der Waals surface area contributed by atoms with Crippen LogP contribution in [0.25, 0.3) is 0 Å². The number of halogens is 1. The summed E-state index contributed by atoms with van der Waals surface area (Å²) in [5.41, 5.74) is 1.37. The molecule has 0 atom stereocenters. The molecule has 2 nitrogen and oxygen atoms in total. The Morgan fingerprint density at radius 2 is 2.06 bits per heavy atom. The minimum absolute atomic E-state index is 0.195. The summed E-state index contributed by atoms with van der Waals surface area (Å²) < 4.78 is 12.7. The first-order chi connectivity index (χ1) is 8.05. The zero-order valence-corrected chi connectivity index (χ0v) is 11.0. The van der Waals surface area contributed by atoms with Crippen LogP contribution < -0.4 is 5.32 Å². The van der Waals surface area contributed by atoms with E-state index in [9.17, 15) is 4.39 Å². The first kappa shape index (κ1) is 12.4. The Morgan fingerprint density at radius 1 is 1.35 bits per heavy atom. The van der Waals surface area contributed by atoms with E-state index in [1.165, 1.54) is 12.1 Å². The van der Waals surface area contributed by atoms with E-state index < -0.39 is 0 Å². The summed E-state index contributed by atoms with van der Waals surface area (Å²) in [5.74, 6) is 0.891. The number of aliphatic imine (C=N–C) groups is 1. The number of nitrogens with one attached hydrogen (secondary N) is 1. The fraction of sp³-hybridized carbons (Fsp3) is 0.462. The highest BCUT2D eigenvalue weighted by Gasteiger charge is 2.23. The van der Waals surface area contributed by atoms with E-state index in [0.29, 0.717) is 12.0 Å². The lowest BCUT2D eigenvalue weighted by Crippen LogP contribution is -2.30. The van der Waals surface area contributed by atoms with E-state index in [4.69, 9.17) is 0 Å². The maximum Gasteiger partial charge on any atom is 0.156 e. The fourth-order valence-corrected chi connectivity index (χ4v) is 2.48. The topological polar surface area (TPSA) is 24.4 Å². The monoisotopic (exact) mass is 252 g/mol. The molecule has 1 aliphatic heterocycles. The van der Waals surface area contributed by atoms with Crippen LogP contribution in [0.5, 0.6) is 0 Å². The summed E-state index contributed by atoms with van der Waals surface area (Å²) >= 11 is 1.76. The van der Waals surface area contributed by atoms with Gasteiger partial charge >= 0.3 is 0 Å². The highest BCUT2D eigenvalue weighted by atomic mass is 32.2. The van der Waals surface area contributed by atoms with E-state index >= 15 is 0 Å². The third-order valence-corrected chi connectivity index (χ3v) is 4.08. The van der Waals surface area contributed by atoms with E-state index in [1.807, 2.05) is 0 Å². The van der Waals surface area contributed by atoms with E-state index in [0.717, 1.165) is 23.0 Å². The van der Waals surface area contributed by atoms with Gasteiger partial charge in [-0.2, -0.15) is 0 Å². The molecule has 0 fully saturated rings. The highest BCUT2D eigenvalue weighted by molar-refractivity contribution is 8.13. The van der Waals surface area contributed by atoms with Crippen LogP contribution in [0.2, 0.25) is 0 Å². The molecule has 1 aliphatic rings. The molecule has 0 spiro atoms. The first-order valence-corrected chi connectivity index (χ1v) is 6.69. The van der Waals surface area contributed by atoms with Crippen molar-refractivity contribution in [3.8, 4) is 0 Å². The maximum absolute atomic E-state index is 12.7. The highest BCUT2D eigenvalue weighted by Crippen LogP contribution is 2.27. The second-order valence-electron chi connectivity index (χ2n) is 5.05. The zero-order chi connectivity index (χ0) is 12.3. The van der Waals surface area contributed by atoms with Crippen molar-refractivity contribution >= 4 is 16.9 Å². The van der Waals surface area contributed by atoms with Crippen molar-refractivity contribution < 1.29 is 4.39 Å². The zero-order valence-electron chi connectivity index (χ0n) is 10.2. The molecule has 0 aromatic heterocycles. The Kier molecular flexibility index (Phi) is 3.72. The van der Waals surface area contributed by atoms with Crippen LogP contribution in [0.4, 0.5) is 4.39 Å². The molecule has 1 N–H and O–H groups in total. The van der Waals surface area contributed by atoms with E-state index in [1.54, 1.807) is 23.9 Å².